The third kappa shape index (κ3) is 7.89. The average Bonchev–Trinajstić information content (AvgIpc) is 2.49. The second kappa shape index (κ2) is 10.7. The van der Waals surface area contributed by atoms with Crippen molar-refractivity contribution in [3.05, 3.63) is 29.8 Å². The highest BCUT2D eigenvalue weighted by atomic mass is 32.2. The minimum atomic E-state index is -3.21. The number of aryl methyl sites for hydroxylation is 1. The fourth-order valence-corrected chi connectivity index (χ4v) is 3.08. The first-order valence-corrected chi connectivity index (χ1v) is 9.24. The minimum absolute atomic E-state index is 0.0985. The summed E-state index contributed by atoms with van der Waals surface area (Å²) >= 11 is 0. The Morgan fingerprint density at radius 1 is 0.864 bits per heavy atom. The molecule has 0 saturated heterocycles. The molecule has 1 rings (SSSR count). The van der Waals surface area contributed by atoms with Crippen molar-refractivity contribution in [3.63, 3.8) is 0 Å². The van der Waals surface area contributed by atoms with E-state index in [1.54, 1.807) is 12.1 Å². The van der Waals surface area contributed by atoms with Crippen LogP contribution in [0.5, 0.6) is 0 Å². The highest BCUT2D eigenvalue weighted by Gasteiger charge is 2.13. The van der Waals surface area contributed by atoms with Crippen molar-refractivity contribution in [2.75, 3.05) is 45.4 Å². The van der Waals surface area contributed by atoms with Gasteiger partial charge < -0.3 is 14.2 Å². The molecule has 0 radical (unpaired) electrons. The Labute approximate surface area is 133 Å². The van der Waals surface area contributed by atoms with Crippen molar-refractivity contribution < 1.29 is 22.6 Å². The van der Waals surface area contributed by atoms with Gasteiger partial charge in [-0.15, -0.1) is 0 Å². The van der Waals surface area contributed by atoms with E-state index in [1.807, 2.05) is 26.0 Å². The molecule has 0 unspecified atom stereocenters. The molecule has 0 atom stereocenters. The standard InChI is InChI=1S/C16H26O5S/c1-3-19-10-11-21-13-12-20-9-4-14-22(17,18)16-7-5-15(2)6-8-16/h5-8H,3-4,9-14H2,1-2H3. The van der Waals surface area contributed by atoms with Crippen LogP contribution in [0.2, 0.25) is 0 Å². The molecule has 0 N–H and O–H groups in total. The number of benzene rings is 1. The highest BCUT2D eigenvalue weighted by molar-refractivity contribution is 7.91. The van der Waals surface area contributed by atoms with E-state index in [-0.39, 0.29) is 5.75 Å². The maximum Gasteiger partial charge on any atom is 0.178 e. The first kappa shape index (κ1) is 19.1. The molecule has 0 saturated carbocycles. The Kier molecular flexibility index (Phi) is 9.31. The molecule has 0 aliphatic heterocycles. The van der Waals surface area contributed by atoms with Gasteiger partial charge >= 0.3 is 0 Å². The van der Waals surface area contributed by atoms with Gasteiger partial charge in [-0.2, -0.15) is 0 Å². The Morgan fingerprint density at radius 3 is 2.00 bits per heavy atom. The first-order valence-electron chi connectivity index (χ1n) is 7.59. The van der Waals surface area contributed by atoms with Crippen molar-refractivity contribution in [2.24, 2.45) is 0 Å². The number of hydrogen-bond acceptors (Lipinski definition) is 5. The monoisotopic (exact) mass is 330 g/mol. The molecule has 6 heteroatoms. The summed E-state index contributed by atoms with van der Waals surface area (Å²) in [6.07, 6.45) is 0.481. The third-order valence-electron chi connectivity index (χ3n) is 3.03. The van der Waals surface area contributed by atoms with Crippen LogP contribution in [0.15, 0.2) is 29.2 Å². The van der Waals surface area contributed by atoms with Crippen LogP contribution in [0.25, 0.3) is 0 Å². The zero-order valence-corrected chi connectivity index (χ0v) is 14.2. The maximum absolute atomic E-state index is 12.1. The fraction of sp³-hybridized carbons (Fsp3) is 0.625. The molecule has 0 bridgehead atoms. The molecule has 5 nitrogen and oxygen atoms in total. The van der Waals surface area contributed by atoms with E-state index in [1.165, 1.54) is 0 Å². The molecule has 0 heterocycles. The lowest BCUT2D eigenvalue weighted by Gasteiger charge is -2.07. The van der Waals surface area contributed by atoms with E-state index in [9.17, 15) is 8.42 Å². The van der Waals surface area contributed by atoms with E-state index in [4.69, 9.17) is 14.2 Å². The number of ether oxygens (including phenoxy) is 3. The summed E-state index contributed by atoms with van der Waals surface area (Å²) in [5.74, 6) is 0.0985. The molecule has 126 valence electrons. The van der Waals surface area contributed by atoms with Crippen molar-refractivity contribution >= 4 is 9.84 Å². The lowest BCUT2D eigenvalue weighted by atomic mass is 10.2. The van der Waals surface area contributed by atoms with E-state index < -0.39 is 9.84 Å². The maximum atomic E-state index is 12.1. The second-order valence-corrected chi connectivity index (χ2v) is 7.02. The summed E-state index contributed by atoms with van der Waals surface area (Å²) in [4.78, 5) is 0.373. The largest absolute Gasteiger partial charge is 0.379 e. The highest BCUT2D eigenvalue weighted by Crippen LogP contribution is 2.12. The van der Waals surface area contributed by atoms with Crippen LogP contribution in [0.1, 0.15) is 18.9 Å². The Hall–Kier alpha value is -0.950. The second-order valence-electron chi connectivity index (χ2n) is 4.91. The third-order valence-corrected chi connectivity index (χ3v) is 4.85. The topological polar surface area (TPSA) is 61.8 Å². The van der Waals surface area contributed by atoms with Crippen LogP contribution in [0.3, 0.4) is 0 Å². The summed E-state index contributed by atoms with van der Waals surface area (Å²) in [6.45, 7) is 7.09. The quantitative estimate of drug-likeness (QED) is 0.550. The van der Waals surface area contributed by atoms with Gasteiger partial charge in [-0.1, -0.05) is 17.7 Å². The summed E-state index contributed by atoms with van der Waals surface area (Å²) < 4.78 is 40.0. The van der Waals surface area contributed by atoms with Gasteiger partial charge in [0.2, 0.25) is 0 Å². The van der Waals surface area contributed by atoms with E-state index >= 15 is 0 Å². The average molecular weight is 330 g/mol. The lowest BCUT2D eigenvalue weighted by molar-refractivity contribution is 0.0172. The van der Waals surface area contributed by atoms with Crippen molar-refractivity contribution in [3.8, 4) is 0 Å². The Morgan fingerprint density at radius 2 is 1.41 bits per heavy atom. The molecule has 0 spiro atoms. The van der Waals surface area contributed by atoms with Crippen molar-refractivity contribution in [1.29, 1.82) is 0 Å². The Balaban J connectivity index is 2.10. The molecule has 1 aromatic rings. The van der Waals surface area contributed by atoms with Gasteiger partial charge in [0.1, 0.15) is 0 Å². The zero-order chi connectivity index (χ0) is 16.3. The summed E-state index contributed by atoms with van der Waals surface area (Å²) in [5.41, 5.74) is 1.05. The normalized spacial score (nSPS) is 11.7. The van der Waals surface area contributed by atoms with Crippen LogP contribution >= 0.6 is 0 Å². The van der Waals surface area contributed by atoms with Crippen LogP contribution < -0.4 is 0 Å². The number of hydrogen-bond donors (Lipinski definition) is 0. The van der Waals surface area contributed by atoms with Gasteiger partial charge in [-0.25, -0.2) is 8.42 Å². The molecule has 0 aromatic heterocycles. The van der Waals surface area contributed by atoms with Crippen LogP contribution in [0, 0.1) is 6.92 Å². The van der Waals surface area contributed by atoms with Gasteiger partial charge in [-0.05, 0) is 32.4 Å². The van der Waals surface area contributed by atoms with Crippen molar-refractivity contribution in [2.45, 2.75) is 25.2 Å². The molecule has 22 heavy (non-hydrogen) atoms. The predicted octanol–water partition coefficient (Wildman–Crippen LogP) is 2.23. The Bertz CT molecular complexity index is 496. The van der Waals surface area contributed by atoms with E-state index in [0.29, 0.717) is 51.0 Å². The molecule has 1 aromatic carbocycles. The minimum Gasteiger partial charge on any atom is -0.379 e. The smallest absolute Gasteiger partial charge is 0.178 e. The molecule has 0 amide bonds. The van der Waals surface area contributed by atoms with E-state index in [2.05, 4.69) is 0 Å². The van der Waals surface area contributed by atoms with Gasteiger partial charge in [0.25, 0.3) is 0 Å². The molecule has 0 aliphatic rings. The molecular weight excluding hydrogens is 304 g/mol. The molecular formula is C16H26O5S. The zero-order valence-electron chi connectivity index (χ0n) is 13.4. The molecule has 0 fully saturated rings. The van der Waals surface area contributed by atoms with Crippen LogP contribution in [-0.2, 0) is 24.0 Å². The molecule has 0 aliphatic carbocycles. The van der Waals surface area contributed by atoms with Gasteiger partial charge in [0.15, 0.2) is 9.84 Å². The van der Waals surface area contributed by atoms with Gasteiger partial charge in [0, 0.05) is 13.2 Å². The predicted molar refractivity (Wildman–Crippen MR) is 86.0 cm³/mol. The van der Waals surface area contributed by atoms with Gasteiger partial charge in [0.05, 0.1) is 37.1 Å². The summed E-state index contributed by atoms with van der Waals surface area (Å²) in [7, 11) is -3.21. The fourth-order valence-electron chi connectivity index (χ4n) is 1.80. The summed E-state index contributed by atoms with van der Waals surface area (Å²) in [5, 5.41) is 0. The first-order chi connectivity index (χ1) is 10.6. The summed E-state index contributed by atoms with van der Waals surface area (Å²) in [6, 6.07) is 6.92. The van der Waals surface area contributed by atoms with Crippen molar-refractivity contribution in [1.82, 2.24) is 0 Å². The van der Waals surface area contributed by atoms with Gasteiger partial charge in [-0.3, -0.25) is 0 Å². The lowest BCUT2D eigenvalue weighted by Crippen LogP contribution is -2.12. The van der Waals surface area contributed by atoms with Crippen LogP contribution in [0.4, 0.5) is 0 Å². The SMILES string of the molecule is CCOCCOCCOCCCS(=O)(=O)c1ccc(C)cc1. The number of rotatable bonds is 12. The van der Waals surface area contributed by atoms with E-state index in [0.717, 1.165) is 5.56 Å². The number of sulfone groups is 1. The van der Waals surface area contributed by atoms with Crippen LogP contribution in [-0.4, -0.2) is 53.8 Å².